The van der Waals surface area contributed by atoms with E-state index in [1.54, 1.807) is 0 Å². The molecule has 0 spiro atoms. The van der Waals surface area contributed by atoms with Gasteiger partial charge in [0.25, 0.3) is 0 Å². The van der Waals surface area contributed by atoms with Gasteiger partial charge in [0, 0.05) is 31.6 Å². The third kappa shape index (κ3) is 2.06. The average molecular weight is 202 g/mol. The molecule has 1 aliphatic heterocycles. The minimum atomic E-state index is 0.744. The van der Waals surface area contributed by atoms with Crippen molar-refractivity contribution < 1.29 is 0 Å². The van der Waals surface area contributed by atoms with E-state index >= 15 is 0 Å². The summed E-state index contributed by atoms with van der Waals surface area (Å²) in [5.41, 5.74) is 1.50. The van der Waals surface area contributed by atoms with Crippen molar-refractivity contribution in [1.82, 2.24) is 10.6 Å². The fourth-order valence-corrected chi connectivity index (χ4v) is 2.30. The van der Waals surface area contributed by atoms with Crippen molar-refractivity contribution in [2.45, 2.75) is 18.4 Å². The monoisotopic (exact) mass is 202 g/mol. The third-order valence-corrected chi connectivity index (χ3v) is 3.55. The Kier molecular flexibility index (Phi) is 2.47. The van der Waals surface area contributed by atoms with E-state index in [-0.39, 0.29) is 0 Å². The fourth-order valence-electron chi connectivity index (χ4n) is 2.30. The average Bonchev–Trinajstić information content (AvgIpc) is 2.96. The van der Waals surface area contributed by atoms with Gasteiger partial charge in [-0.05, 0) is 17.9 Å². The van der Waals surface area contributed by atoms with Crippen LogP contribution in [0.1, 0.15) is 17.9 Å². The predicted molar refractivity (Wildman–Crippen MR) is 62.0 cm³/mol. The summed E-state index contributed by atoms with van der Waals surface area (Å²) in [7, 11) is 0. The second-order valence-electron chi connectivity index (χ2n) is 4.79. The van der Waals surface area contributed by atoms with Crippen LogP contribution in [0, 0.1) is 5.92 Å². The molecule has 0 bridgehead atoms. The summed E-state index contributed by atoms with van der Waals surface area (Å²) in [5.74, 6) is 1.65. The van der Waals surface area contributed by atoms with E-state index in [1.807, 2.05) is 0 Å². The van der Waals surface area contributed by atoms with Gasteiger partial charge in [0.05, 0.1) is 0 Å². The van der Waals surface area contributed by atoms with Crippen molar-refractivity contribution >= 4 is 0 Å². The lowest BCUT2D eigenvalue weighted by atomic mass is 10.0. The highest BCUT2D eigenvalue weighted by Crippen LogP contribution is 2.40. The van der Waals surface area contributed by atoms with Crippen LogP contribution in [0.3, 0.4) is 0 Å². The van der Waals surface area contributed by atoms with Gasteiger partial charge < -0.3 is 10.6 Å². The van der Waals surface area contributed by atoms with Crippen molar-refractivity contribution in [3.8, 4) is 0 Å². The van der Waals surface area contributed by atoms with Gasteiger partial charge >= 0.3 is 0 Å². The smallest absolute Gasteiger partial charge is 0.0143 e. The molecule has 1 saturated carbocycles. The molecule has 2 N–H and O–H groups in total. The van der Waals surface area contributed by atoms with Gasteiger partial charge in [0.15, 0.2) is 0 Å². The molecule has 1 heterocycles. The van der Waals surface area contributed by atoms with Crippen LogP contribution in [-0.2, 0) is 0 Å². The quantitative estimate of drug-likeness (QED) is 0.770. The van der Waals surface area contributed by atoms with Crippen LogP contribution < -0.4 is 10.6 Å². The molecular weight excluding hydrogens is 184 g/mol. The number of benzene rings is 1. The van der Waals surface area contributed by atoms with Gasteiger partial charge in [0.1, 0.15) is 0 Å². The SMILES string of the molecule is c1ccc([C@@H]2C[C@H]2NCC2CNC2)cc1. The molecule has 2 fully saturated rings. The first-order chi connectivity index (χ1) is 7.43. The first-order valence-corrected chi connectivity index (χ1v) is 5.92. The first-order valence-electron chi connectivity index (χ1n) is 5.92. The second kappa shape index (κ2) is 3.95. The van der Waals surface area contributed by atoms with E-state index in [4.69, 9.17) is 0 Å². The van der Waals surface area contributed by atoms with Gasteiger partial charge in [-0.15, -0.1) is 0 Å². The van der Waals surface area contributed by atoms with Gasteiger partial charge in [-0.2, -0.15) is 0 Å². The Hall–Kier alpha value is -0.860. The van der Waals surface area contributed by atoms with Crippen LogP contribution in [0.4, 0.5) is 0 Å². The minimum absolute atomic E-state index is 0.744. The Morgan fingerprint density at radius 3 is 2.67 bits per heavy atom. The van der Waals surface area contributed by atoms with Gasteiger partial charge in [-0.1, -0.05) is 30.3 Å². The maximum Gasteiger partial charge on any atom is 0.0143 e. The van der Waals surface area contributed by atoms with Crippen LogP contribution in [-0.4, -0.2) is 25.7 Å². The van der Waals surface area contributed by atoms with Crippen molar-refractivity contribution in [3.63, 3.8) is 0 Å². The van der Waals surface area contributed by atoms with E-state index in [2.05, 4.69) is 41.0 Å². The van der Waals surface area contributed by atoms with Crippen LogP contribution >= 0.6 is 0 Å². The summed E-state index contributed by atoms with van der Waals surface area (Å²) >= 11 is 0. The Balaban J connectivity index is 1.47. The van der Waals surface area contributed by atoms with Crippen molar-refractivity contribution in [3.05, 3.63) is 35.9 Å². The lowest BCUT2D eigenvalue weighted by molar-refractivity contribution is 0.330. The molecule has 1 aromatic rings. The van der Waals surface area contributed by atoms with Gasteiger partial charge in [-0.3, -0.25) is 0 Å². The zero-order valence-corrected chi connectivity index (χ0v) is 8.95. The number of hydrogen-bond acceptors (Lipinski definition) is 2. The second-order valence-corrected chi connectivity index (χ2v) is 4.79. The Labute approximate surface area is 91.1 Å². The summed E-state index contributed by atoms with van der Waals surface area (Å²) in [4.78, 5) is 0. The normalized spacial score (nSPS) is 29.9. The maximum absolute atomic E-state index is 3.67. The molecule has 0 radical (unpaired) electrons. The molecular formula is C13H18N2. The standard InChI is InChI=1S/C13H18N2/c1-2-4-11(5-3-1)12-6-13(12)15-9-10-7-14-8-10/h1-5,10,12-15H,6-9H2/t12-,13+/m0/s1. The Bertz CT molecular complexity index is 319. The zero-order valence-electron chi connectivity index (χ0n) is 8.95. The lowest BCUT2D eigenvalue weighted by Crippen LogP contribution is -2.47. The Morgan fingerprint density at radius 1 is 1.20 bits per heavy atom. The van der Waals surface area contributed by atoms with Crippen LogP contribution in [0.5, 0.6) is 0 Å². The lowest BCUT2D eigenvalue weighted by Gasteiger charge is -2.27. The summed E-state index contributed by atoms with van der Waals surface area (Å²) in [5, 5.41) is 6.98. The summed E-state index contributed by atoms with van der Waals surface area (Å²) < 4.78 is 0. The third-order valence-electron chi connectivity index (χ3n) is 3.55. The highest BCUT2D eigenvalue weighted by molar-refractivity contribution is 5.27. The molecule has 1 aliphatic carbocycles. The summed E-state index contributed by atoms with van der Waals surface area (Å²) in [6.07, 6.45) is 1.32. The fraction of sp³-hybridized carbons (Fsp3) is 0.538. The van der Waals surface area contributed by atoms with E-state index in [0.29, 0.717) is 0 Å². The molecule has 2 nitrogen and oxygen atoms in total. The minimum Gasteiger partial charge on any atom is -0.316 e. The van der Waals surface area contributed by atoms with Crippen molar-refractivity contribution in [2.24, 2.45) is 5.92 Å². The molecule has 0 aromatic heterocycles. The van der Waals surface area contributed by atoms with Gasteiger partial charge in [-0.25, -0.2) is 0 Å². The van der Waals surface area contributed by atoms with Crippen LogP contribution in [0.15, 0.2) is 30.3 Å². The van der Waals surface area contributed by atoms with E-state index in [0.717, 1.165) is 17.9 Å². The molecule has 80 valence electrons. The highest BCUT2D eigenvalue weighted by atomic mass is 15.0. The zero-order chi connectivity index (χ0) is 10.1. The number of nitrogens with one attached hydrogen (secondary N) is 2. The van der Waals surface area contributed by atoms with Gasteiger partial charge in [0.2, 0.25) is 0 Å². The van der Waals surface area contributed by atoms with E-state index < -0.39 is 0 Å². The largest absolute Gasteiger partial charge is 0.316 e. The molecule has 2 atom stereocenters. The number of rotatable bonds is 4. The predicted octanol–water partition coefficient (Wildman–Crippen LogP) is 1.35. The first kappa shape index (κ1) is 9.37. The Morgan fingerprint density at radius 2 is 2.00 bits per heavy atom. The molecule has 1 aromatic carbocycles. The van der Waals surface area contributed by atoms with Crippen LogP contribution in [0.25, 0.3) is 0 Å². The molecule has 15 heavy (non-hydrogen) atoms. The molecule has 2 aliphatic rings. The van der Waals surface area contributed by atoms with Crippen LogP contribution in [0.2, 0.25) is 0 Å². The summed E-state index contributed by atoms with van der Waals surface area (Å²) in [6, 6.07) is 11.6. The van der Waals surface area contributed by atoms with E-state index in [9.17, 15) is 0 Å². The maximum atomic E-state index is 3.67. The molecule has 2 heteroatoms. The van der Waals surface area contributed by atoms with Crippen molar-refractivity contribution in [2.75, 3.05) is 19.6 Å². The molecule has 0 unspecified atom stereocenters. The molecule has 3 rings (SSSR count). The van der Waals surface area contributed by atoms with Crippen molar-refractivity contribution in [1.29, 1.82) is 0 Å². The number of hydrogen-bond donors (Lipinski definition) is 2. The highest BCUT2D eigenvalue weighted by Gasteiger charge is 2.38. The summed E-state index contributed by atoms with van der Waals surface area (Å²) in [6.45, 7) is 3.60. The molecule has 1 saturated heterocycles. The topological polar surface area (TPSA) is 24.1 Å². The van der Waals surface area contributed by atoms with E-state index in [1.165, 1.54) is 31.6 Å². The molecule has 0 amide bonds.